The van der Waals surface area contributed by atoms with Gasteiger partial charge < -0.3 is 23.7 Å². The standard InChI is InChI=1S/C32H38N6O4/c1-22(2)38-31(33-23(3)35-38)28-20-37-16-18-41-29-19-26(9-10-27(29)30(37)34-28)40-17-13-24-11-14-36(15-12-24)32(39)42-21-25-7-5-4-6-8-25/h4-10,19-20,22,24H,11-18,21H2,1-3H3. The Kier molecular flexibility index (Phi) is 8.12. The summed E-state index contributed by atoms with van der Waals surface area (Å²) < 4.78 is 21.8. The molecular formula is C32H38N6O4. The third-order valence-corrected chi connectivity index (χ3v) is 7.89. The van der Waals surface area contributed by atoms with E-state index in [9.17, 15) is 4.79 Å². The number of fused-ring (bicyclic) bond motifs is 3. The lowest BCUT2D eigenvalue weighted by Gasteiger charge is -2.31. The molecule has 220 valence electrons. The van der Waals surface area contributed by atoms with Gasteiger partial charge in [0, 0.05) is 31.4 Å². The van der Waals surface area contributed by atoms with E-state index in [1.165, 1.54) is 0 Å². The van der Waals surface area contributed by atoms with Crippen LogP contribution in [0.4, 0.5) is 4.79 Å². The van der Waals surface area contributed by atoms with E-state index in [-0.39, 0.29) is 12.1 Å². The van der Waals surface area contributed by atoms with Gasteiger partial charge in [0.15, 0.2) is 5.82 Å². The summed E-state index contributed by atoms with van der Waals surface area (Å²) in [5, 5.41) is 4.55. The van der Waals surface area contributed by atoms with Crippen molar-refractivity contribution in [3.63, 3.8) is 0 Å². The van der Waals surface area contributed by atoms with E-state index in [2.05, 4.69) is 28.5 Å². The molecule has 10 nitrogen and oxygen atoms in total. The Bertz CT molecular complexity index is 1520. The highest BCUT2D eigenvalue weighted by molar-refractivity contribution is 5.69. The maximum Gasteiger partial charge on any atom is 0.410 e. The van der Waals surface area contributed by atoms with Crippen molar-refractivity contribution in [2.75, 3.05) is 26.3 Å². The van der Waals surface area contributed by atoms with Crippen LogP contribution in [0.25, 0.3) is 22.9 Å². The number of piperidine rings is 1. The largest absolute Gasteiger partial charge is 0.493 e. The van der Waals surface area contributed by atoms with Gasteiger partial charge >= 0.3 is 6.09 Å². The summed E-state index contributed by atoms with van der Waals surface area (Å²) >= 11 is 0. The molecule has 1 saturated heterocycles. The molecular weight excluding hydrogens is 532 g/mol. The predicted octanol–water partition coefficient (Wildman–Crippen LogP) is 5.91. The number of carbonyl (C=O) groups excluding carboxylic acids is 1. The van der Waals surface area contributed by atoms with E-state index < -0.39 is 0 Å². The first kappa shape index (κ1) is 27.8. The maximum atomic E-state index is 12.5. The molecule has 1 amide bonds. The van der Waals surface area contributed by atoms with Gasteiger partial charge in [-0.1, -0.05) is 30.3 Å². The lowest BCUT2D eigenvalue weighted by atomic mass is 9.94. The number of hydrogen-bond acceptors (Lipinski definition) is 7. The lowest BCUT2D eigenvalue weighted by Crippen LogP contribution is -2.39. The number of imidazole rings is 1. The van der Waals surface area contributed by atoms with E-state index in [4.69, 9.17) is 19.2 Å². The average Bonchev–Trinajstić information content (AvgIpc) is 3.56. The van der Waals surface area contributed by atoms with E-state index in [0.29, 0.717) is 45.4 Å². The Hall–Kier alpha value is -4.34. The fraction of sp³-hybridized carbons (Fsp3) is 0.438. The fourth-order valence-electron chi connectivity index (χ4n) is 5.58. The number of benzene rings is 2. The number of amides is 1. The number of nitrogens with zero attached hydrogens (tertiary/aromatic N) is 6. The molecule has 2 aliphatic rings. The first-order valence-corrected chi connectivity index (χ1v) is 14.8. The van der Waals surface area contributed by atoms with Crippen LogP contribution in [-0.2, 0) is 17.9 Å². The molecule has 0 bridgehead atoms. The Labute approximate surface area is 246 Å². The second kappa shape index (κ2) is 12.3. The zero-order chi connectivity index (χ0) is 29.1. The average molecular weight is 571 g/mol. The van der Waals surface area contributed by atoms with Gasteiger partial charge in [-0.05, 0) is 63.6 Å². The smallest absolute Gasteiger partial charge is 0.410 e. The maximum absolute atomic E-state index is 12.5. The second-order valence-electron chi connectivity index (χ2n) is 11.3. The first-order chi connectivity index (χ1) is 20.4. The Morgan fingerprint density at radius 3 is 2.64 bits per heavy atom. The van der Waals surface area contributed by atoms with Crippen molar-refractivity contribution in [2.24, 2.45) is 5.92 Å². The van der Waals surface area contributed by atoms with Crippen molar-refractivity contribution in [3.8, 4) is 34.4 Å². The molecule has 0 N–H and O–H groups in total. The van der Waals surface area contributed by atoms with Crippen molar-refractivity contribution < 1.29 is 19.0 Å². The molecule has 10 heteroatoms. The minimum atomic E-state index is -0.233. The molecule has 0 atom stereocenters. The summed E-state index contributed by atoms with van der Waals surface area (Å²) in [4.78, 5) is 23.9. The SMILES string of the molecule is Cc1nc(-c2cn3c(n2)-c2ccc(OCCC4CCN(C(=O)OCc5ccccc5)CC4)cc2OCC3)n(C(C)C)n1. The zero-order valence-electron chi connectivity index (χ0n) is 24.5. The van der Waals surface area contributed by atoms with Gasteiger partial charge in [-0.25, -0.2) is 19.4 Å². The number of aromatic nitrogens is 5. The molecule has 0 saturated carbocycles. The normalized spacial score (nSPS) is 15.1. The van der Waals surface area contributed by atoms with Crippen LogP contribution < -0.4 is 9.47 Å². The van der Waals surface area contributed by atoms with Crippen molar-refractivity contribution >= 4 is 6.09 Å². The third-order valence-electron chi connectivity index (χ3n) is 7.89. The van der Waals surface area contributed by atoms with E-state index >= 15 is 0 Å². The summed E-state index contributed by atoms with van der Waals surface area (Å²) in [7, 11) is 0. The van der Waals surface area contributed by atoms with Crippen LogP contribution in [0.15, 0.2) is 54.7 Å². The van der Waals surface area contributed by atoms with E-state index in [1.54, 1.807) is 0 Å². The predicted molar refractivity (Wildman–Crippen MR) is 158 cm³/mol. The van der Waals surface area contributed by atoms with Gasteiger partial charge in [0.25, 0.3) is 0 Å². The Balaban J connectivity index is 1.02. The highest BCUT2D eigenvalue weighted by atomic mass is 16.6. The first-order valence-electron chi connectivity index (χ1n) is 14.8. The number of carbonyl (C=O) groups is 1. The minimum Gasteiger partial charge on any atom is -0.493 e. The lowest BCUT2D eigenvalue weighted by molar-refractivity contribution is 0.0800. The molecule has 2 aliphatic heterocycles. The van der Waals surface area contributed by atoms with Gasteiger partial charge in [0.2, 0.25) is 0 Å². The molecule has 1 fully saturated rings. The number of ether oxygens (including phenoxy) is 3. The van der Waals surface area contributed by atoms with Gasteiger partial charge in [0.05, 0.1) is 18.7 Å². The van der Waals surface area contributed by atoms with E-state index in [1.807, 2.05) is 71.2 Å². The Morgan fingerprint density at radius 2 is 1.86 bits per heavy atom. The Morgan fingerprint density at radius 1 is 1.05 bits per heavy atom. The van der Waals surface area contributed by atoms with E-state index in [0.717, 1.165) is 65.1 Å². The van der Waals surface area contributed by atoms with Gasteiger partial charge in [-0.2, -0.15) is 5.10 Å². The topological polar surface area (TPSA) is 96.5 Å². The molecule has 2 aromatic heterocycles. The number of likely N-dealkylation sites (tertiary alicyclic amines) is 1. The fourth-order valence-corrected chi connectivity index (χ4v) is 5.58. The zero-order valence-corrected chi connectivity index (χ0v) is 24.5. The van der Waals surface area contributed by atoms with Crippen molar-refractivity contribution in [1.82, 2.24) is 29.2 Å². The number of hydrogen-bond donors (Lipinski definition) is 0. The molecule has 0 unspecified atom stereocenters. The summed E-state index contributed by atoms with van der Waals surface area (Å²) in [5.41, 5.74) is 2.74. The second-order valence-corrected chi connectivity index (χ2v) is 11.3. The van der Waals surface area contributed by atoms with Crippen LogP contribution in [0, 0.1) is 12.8 Å². The van der Waals surface area contributed by atoms with Crippen LogP contribution in [0.3, 0.4) is 0 Å². The third kappa shape index (κ3) is 6.12. The molecule has 0 spiro atoms. The monoisotopic (exact) mass is 570 g/mol. The summed E-state index contributed by atoms with van der Waals surface area (Å²) in [6, 6.07) is 15.9. The van der Waals surface area contributed by atoms with Crippen molar-refractivity contribution in [3.05, 3.63) is 66.1 Å². The highest BCUT2D eigenvalue weighted by Gasteiger charge is 2.25. The molecule has 0 aliphatic carbocycles. The molecule has 2 aromatic carbocycles. The molecule has 6 rings (SSSR count). The molecule has 0 radical (unpaired) electrons. The molecule has 4 heterocycles. The molecule has 4 aromatic rings. The van der Waals surface area contributed by atoms with Crippen LogP contribution in [0.5, 0.6) is 11.5 Å². The summed E-state index contributed by atoms with van der Waals surface area (Å²) in [6.45, 7) is 9.68. The van der Waals surface area contributed by atoms with Gasteiger partial charge in [-0.3, -0.25) is 0 Å². The summed E-state index contributed by atoms with van der Waals surface area (Å²) in [5.74, 6) is 4.44. The van der Waals surface area contributed by atoms with Crippen LogP contribution in [-0.4, -0.2) is 61.6 Å². The molecule has 42 heavy (non-hydrogen) atoms. The minimum absolute atomic E-state index is 0.187. The number of aryl methyl sites for hydroxylation is 1. The highest BCUT2D eigenvalue weighted by Crippen LogP contribution is 2.36. The van der Waals surface area contributed by atoms with Crippen LogP contribution in [0.2, 0.25) is 0 Å². The summed E-state index contributed by atoms with van der Waals surface area (Å²) in [6.07, 6.45) is 4.64. The number of rotatable bonds is 8. The van der Waals surface area contributed by atoms with Crippen LogP contribution in [0.1, 0.15) is 50.5 Å². The van der Waals surface area contributed by atoms with Crippen molar-refractivity contribution in [2.45, 2.75) is 59.2 Å². The van der Waals surface area contributed by atoms with Gasteiger partial charge in [0.1, 0.15) is 42.1 Å². The van der Waals surface area contributed by atoms with Crippen LogP contribution >= 0.6 is 0 Å². The van der Waals surface area contributed by atoms with Gasteiger partial charge in [-0.15, -0.1) is 0 Å². The quantitative estimate of drug-likeness (QED) is 0.260. The van der Waals surface area contributed by atoms with Crippen molar-refractivity contribution in [1.29, 1.82) is 0 Å².